The molecule has 0 saturated carbocycles. The van der Waals surface area contributed by atoms with Crippen LogP contribution in [-0.4, -0.2) is 0 Å². The fourth-order valence-electron chi connectivity index (χ4n) is 19.6. The minimum Gasteiger partial charge on any atom is -0.0654 e. The Labute approximate surface area is 744 Å². The predicted molar refractivity (Wildman–Crippen MR) is 535 cm³/mol. The SMILES string of the molecule is CCCCCCCCCCCc1ccc(CCc2c(CCc3ccc(CCCCCCCCCCC)cc3)c(CCc3ccc(CCCCCCCCCCC)cc3)c(CCc3ccc(CCCCCCCCCCC)cc3)c(CCc3ccc(CCCCCCCCCCC)cc3)c2CCc2ccc(CCCCCCCCCCC)cc2)cc1. The van der Waals surface area contributed by atoms with Gasteiger partial charge in [0.25, 0.3) is 0 Å². The normalized spacial score (nSPS) is 11.7. The van der Waals surface area contributed by atoms with E-state index in [0.717, 1.165) is 77.0 Å². The molecule has 7 rings (SSSR count). The van der Waals surface area contributed by atoms with Gasteiger partial charge < -0.3 is 0 Å². The Kier molecular flexibility index (Phi) is 58.3. The van der Waals surface area contributed by atoms with Gasteiger partial charge in [0.05, 0.1) is 0 Å². The van der Waals surface area contributed by atoms with Crippen molar-refractivity contribution in [3.05, 3.63) is 246 Å². The van der Waals surface area contributed by atoms with Crippen molar-refractivity contribution >= 4 is 0 Å². The zero-order valence-corrected chi connectivity index (χ0v) is 79.8. The Morgan fingerprint density at radius 2 is 0.175 bits per heavy atom. The lowest BCUT2D eigenvalue weighted by molar-refractivity contribution is 0.565. The summed E-state index contributed by atoms with van der Waals surface area (Å²) >= 11 is 0. The summed E-state index contributed by atoms with van der Waals surface area (Å²) in [5, 5.41) is 0. The van der Waals surface area contributed by atoms with Crippen LogP contribution < -0.4 is 0 Å². The Morgan fingerprint density at radius 3 is 0.275 bits per heavy atom. The van der Waals surface area contributed by atoms with Crippen LogP contribution in [0.3, 0.4) is 0 Å². The van der Waals surface area contributed by atoms with Gasteiger partial charge in [0.2, 0.25) is 0 Å². The summed E-state index contributed by atoms with van der Waals surface area (Å²) in [5.74, 6) is 0. The third-order valence-electron chi connectivity index (χ3n) is 27.7. The molecule has 0 saturated heterocycles. The Hall–Kier alpha value is -5.46. The summed E-state index contributed by atoms with van der Waals surface area (Å²) < 4.78 is 0. The zero-order chi connectivity index (χ0) is 84.3. The quantitative estimate of drug-likeness (QED) is 0.0333. The second kappa shape index (κ2) is 68.8. The lowest BCUT2D eigenvalue weighted by Gasteiger charge is -2.28. The molecule has 0 aliphatic rings. The summed E-state index contributed by atoms with van der Waals surface area (Å²) in [4.78, 5) is 0. The maximum absolute atomic E-state index is 2.55. The van der Waals surface area contributed by atoms with E-state index in [4.69, 9.17) is 0 Å². The van der Waals surface area contributed by atoms with Gasteiger partial charge >= 0.3 is 0 Å². The highest BCUT2D eigenvalue weighted by molar-refractivity contribution is 5.55. The molecule has 0 N–H and O–H groups in total. The van der Waals surface area contributed by atoms with Gasteiger partial charge in [0.15, 0.2) is 0 Å². The molecule has 0 atom stereocenters. The summed E-state index contributed by atoms with van der Waals surface area (Å²) in [7, 11) is 0. The van der Waals surface area contributed by atoms with Crippen molar-refractivity contribution in [2.75, 3.05) is 0 Å². The second-order valence-corrected chi connectivity index (χ2v) is 38.2. The van der Waals surface area contributed by atoms with Crippen molar-refractivity contribution < 1.29 is 0 Å². The maximum atomic E-state index is 2.55. The molecule has 0 aliphatic heterocycles. The van der Waals surface area contributed by atoms with E-state index in [1.165, 1.54) is 452 Å². The third kappa shape index (κ3) is 46.0. The molecular formula is C120H186. The molecule has 0 bridgehead atoms. The largest absolute Gasteiger partial charge is 0.0654 e. The van der Waals surface area contributed by atoms with E-state index < -0.39 is 0 Å². The van der Waals surface area contributed by atoms with Crippen molar-refractivity contribution in [3.8, 4) is 0 Å². The van der Waals surface area contributed by atoms with E-state index in [2.05, 4.69) is 187 Å². The molecule has 0 amide bonds. The Morgan fingerprint density at radius 1 is 0.0917 bits per heavy atom. The van der Waals surface area contributed by atoms with Crippen molar-refractivity contribution in [1.29, 1.82) is 0 Å². The first-order valence-corrected chi connectivity index (χ1v) is 53.0. The van der Waals surface area contributed by atoms with Crippen LogP contribution in [-0.2, 0) is 116 Å². The van der Waals surface area contributed by atoms with Crippen LogP contribution >= 0.6 is 0 Å². The van der Waals surface area contributed by atoms with Crippen LogP contribution in [0.5, 0.6) is 0 Å². The Bertz CT molecular complexity index is 2870. The standard InChI is InChI=1S/C120H186/c1-7-13-19-25-31-37-43-49-55-61-103-67-79-109(80-68-103)91-97-115-116(98-92-110-81-69-104(70-82-110)62-56-50-44-38-32-26-20-14-8-2)118(100-94-112-85-73-106(74-86-112)64-58-52-46-40-34-28-22-16-10-4)120(102-96-114-89-77-108(78-90-114)66-60-54-48-42-36-30-24-18-12-6)119(101-95-113-87-75-107(76-88-113)65-59-53-47-41-35-29-23-17-11-5)117(115)99-93-111-83-71-105(72-84-111)63-57-51-45-39-33-27-21-15-9-3/h67-90H,7-66,91-102H2,1-6H3. The lowest BCUT2D eigenvalue weighted by Crippen LogP contribution is -2.18. The van der Waals surface area contributed by atoms with Gasteiger partial charge in [-0.1, -0.05) is 495 Å². The topological polar surface area (TPSA) is 0 Å². The molecule has 0 heteroatoms. The molecule has 0 aliphatic carbocycles. The van der Waals surface area contributed by atoms with Gasteiger partial charge in [-0.15, -0.1) is 0 Å². The lowest BCUT2D eigenvalue weighted by atomic mass is 9.76. The monoisotopic (exact) mass is 1630 g/mol. The Balaban J connectivity index is 1.30. The summed E-state index contributed by atoms with van der Waals surface area (Å²) in [6.07, 6.45) is 94.7. The number of benzene rings is 7. The van der Waals surface area contributed by atoms with Gasteiger partial charge in [0, 0.05) is 0 Å². The average molecular weight is 1630 g/mol. The molecule has 0 nitrogen and oxygen atoms in total. The van der Waals surface area contributed by atoms with Crippen molar-refractivity contribution in [1.82, 2.24) is 0 Å². The van der Waals surface area contributed by atoms with Crippen LogP contribution in [0, 0.1) is 0 Å². The smallest absolute Gasteiger partial charge is 0.0233 e. The molecule has 7 aromatic rings. The molecule has 666 valence electrons. The highest BCUT2D eigenvalue weighted by Gasteiger charge is 2.25. The van der Waals surface area contributed by atoms with E-state index in [9.17, 15) is 0 Å². The highest BCUT2D eigenvalue weighted by atomic mass is 14.3. The summed E-state index contributed by atoms with van der Waals surface area (Å²) in [6.45, 7) is 14.0. The van der Waals surface area contributed by atoms with E-state index in [0.29, 0.717) is 0 Å². The highest BCUT2D eigenvalue weighted by Crippen LogP contribution is 2.37. The first kappa shape index (κ1) is 102. The van der Waals surface area contributed by atoms with Crippen LogP contribution in [0.1, 0.15) is 488 Å². The molecule has 0 aromatic heterocycles. The fourth-order valence-corrected chi connectivity index (χ4v) is 19.6. The first-order valence-electron chi connectivity index (χ1n) is 53.0. The van der Waals surface area contributed by atoms with Gasteiger partial charge in [-0.25, -0.2) is 0 Å². The van der Waals surface area contributed by atoms with Gasteiger partial charge in [-0.2, -0.15) is 0 Å². The molecule has 0 unspecified atom stereocenters. The molecule has 7 aromatic carbocycles. The average Bonchev–Trinajstić information content (AvgIpc) is 0.761. The van der Waals surface area contributed by atoms with Crippen LogP contribution in [0.2, 0.25) is 0 Å². The first-order chi connectivity index (χ1) is 59.4. The minimum atomic E-state index is 1.07. The zero-order valence-electron chi connectivity index (χ0n) is 79.8. The number of hydrogen-bond acceptors (Lipinski definition) is 0. The fraction of sp³-hybridized carbons (Fsp3) is 0.650. The molecule has 0 fully saturated rings. The van der Waals surface area contributed by atoms with Crippen molar-refractivity contribution in [2.45, 2.75) is 504 Å². The van der Waals surface area contributed by atoms with Crippen LogP contribution in [0.15, 0.2) is 146 Å². The second-order valence-electron chi connectivity index (χ2n) is 38.2. The summed E-state index contributed by atoms with van der Waals surface area (Å²) in [6, 6.07) is 60.8. The molecule has 120 heavy (non-hydrogen) atoms. The molecule has 0 heterocycles. The van der Waals surface area contributed by atoms with Gasteiger partial charge in [0.1, 0.15) is 0 Å². The minimum absolute atomic E-state index is 1.07. The van der Waals surface area contributed by atoms with E-state index in [1.807, 2.05) is 0 Å². The van der Waals surface area contributed by atoms with Gasteiger partial charge in [-0.3, -0.25) is 0 Å². The number of unbranched alkanes of at least 4 members (excludes halogenated alkanes) is 48. The molecule has 0 radical (unpaired) electrons. The van der Waals surface area contributed by atoms with Crippen molar-refractivity contribution in [3.63, 3.8) is 0 Å². The number of hydrogen-bond donors (Lipinski definition) is 0. The number of rotatable bonds is 78. The molecular weight excluding hydrogens is 1440 g/mol. The summed E-state index contributed by atoms with van der Waals surface area (Å²) in [5.41, 5.74) is 28.4. The van der Waals surface area contributed by atoms with Gasteiger partial charge in [-0.05, 0) is 254 Å². The van der Waals surface area contributed by atoms with Crippen LogP contribution in [0.4, 0.5) is 0 Å². The van der Waals surface area contributed by atoms with E-state index in [-0.39, 0.29) is 0 Å². The number of aryl methyl sites for hydroxylation is 12. The van der Waals surface area contributed by atoms with Crippen LogP contribution in [0.25, 0.3) is 0 Å². The van der Waals surface area contributed by atoms with E-state index in [1.54, 1.807) is 33.4 Å². The predicted octanol–water partition coefficient (Wildman–Crippen LogP) is 36.8. The maximum Gasteiger partial charge on any atom is -0.0233 e. The molecule has 0 spiro atoms. The van der Waals surface area contributed by atoms with E-state index >= 15 is 0 Å². The third-order valence-corrected chi connectivity index (χ3v) is 27.7. The van der Waals surface area contributed by atoms with Crippen molar-refractivity contribution in [2.24, 2.45) is 0 Å².